The SMILES string of the molecule is N#Cc1ccc(Cl)c(N)c1N. The van der Waals surface area contributed by atoms with Crippen LogP contribution in [0.15, 0.2) is 12.1 Å². The average molecular weight is 168 g/mol. The lowest BCUT2D eigenvalue weighted by Crippen LogP contribution is -1.97. The molecule has 0 saturated carbocycles. The Balaban J connectivity index is 3.40. The molecule has 1 aromatic carbocycles. The van der Waals surface area contributed by atoms with Crippen LogP contribution in [-0.2, 0) is 0 Å². The minimum atomic E-state index is 0.250. The van der Waals surface area contributed by atoms with E-state index in [1.54, 1.807) is 6.07 Å². The molecule has 56 valence electrons. The molecule has 4 N–H and O–H groups in total. The topological polar surface area (TPSA) is 75.8 Å². The van der Waals surface area contributed by atoms with Gasteiger partial charge < -0.3 is 11.5 Å². The molecule has 0 bridgehead atoms. The highest BCUT2D eigenvalue weighted by Crippen LogP contribution is 2.27. The summed E-state index contributed by atoms with van der Waals surface area (Å²) >= 11 is 5.63. The molecular weight excluding hydrogens is 162 g/mol. The maximum atomic E-state index is 8.51. The first-order valence-electron chi connectivity index (χ1n) is 2.90. The van der Waals surface area contributed by atoms with Crippen molar-refractivity contribution in [3.63, 3.8) is 0 Å². The summed E-state index contributed by atoms with van der Waals surface area (Å²) in [4.78, 5) is 0. The fourth-order valence-electron chi connectivity index (χ4n) is 0.707. The maximum absolute atomic E-state index is 8.51. The zero-order chi connectivity index (χ0) is 8.43. The number of halogens is 1. The Labute approximate surface area is 69.2 Å². The lowest BCUT2D eigenvalue weighted by Gasteiger charge is -2.02. The van der Waals surface area contributed by atoms with E-state index in [0.29, 0.717) is 10.6 Å². The molecule has 0 amide bonds. The van der Waals surface area contributed by atoms with Gasteiger partial charge in [0.1, 0.15) is 6.07 Å². The number of hydrogen-bond acceptors (Lipinski definition) is 3. The van der Waals surface area contributed by atoms with Crippen LogP contribution >= 0.6 is 11.6 Å². The van der Waals surface area contributed by atoms with Gasteiger partial charge in [-0.05, 0) is 12.1 Å². The van der Waals surface area contributed by atoms with Crippen LogP contribution in [0.5, 0.6) is 0 Å². The molecule has 1 aromatic rings. The van der Waals surface area contributed by atoms with Gasteiger partial charge in [-0.1, -0.05) is 11.6 Å². The molecule has 0 spiro atoms. The van der Waals surface area contributed by atoms with Crippen molar-refractivity contribution in [2.75, 3.05) is 11.5 Å². The Morgan fingerprint density at radius 1 is 1.27 bits per heavy atom. The molecule has 0 aromatic heterocycles. The Hall–Kier alpha value is -1.40. The number of hydrogen-bond donors (Lipinski definition) is 2. The first-order valence-corrected chi connectivity index (χ1v) is 3.28. The van der Waals surface area contributed by atoms with Gasteiger partial charge in [-0.2, -0.15) is 5.26 Å². The van der Waals surface area contributed by atoms with E-state index in [0.717, 1.165) is 0 Å². The normalized spacial score (nSPS) is 9.09. The monoisotopic (exact) mass is 167 g/mol. The predicted octanol–water partition coefficient (Wildman–Crippen LogP) is 1.38. The van der Waals surface area contributed by atoms with Crippen LogP contribution in [0.2, 0.25) is 5.02 Å². The standard InChI is InChI=1S/C7H6ClN3/c8-5-2-1-4(3-9)6(10)7(5)11/h1-2H,10-11H2. The van der Waals surface area contributed by atoms with Crippen molar-refractivity contribution in [3.05, 3.63) is 22.7 Å². The zero-order valence-electron chi connectivity index (χ0n) is 5.63. The summed E-state index contributed by atoms with van der Waals surface area (Å²) in [6, 6.07) is 4.98. The number of benzene rings is 1. The molecule has 0 radical (unpaired) electrons. The summed E-state index contributed by atoms with van der Waals surface area (Å²) in [6.45, 7) is 0. The number of nitriles is 1. The van der Waals surface area contributed by atoms with Crippen LogP contribution in [0.1, 0.15) is 5.56 Å². The molecule has 1 rings (SSSR count). The maximum Gasteiger partial charge on any atom is 0.101 e. The van der Waals surface area contributed by atoms with E-state index in [9.17, 15) is 0 Å². The lowest BCUT2D eigenvalue weighted by molar-refractivity contribution is 1.48. The Bertz CT molecular complexity index is 327. The molecule has 0 aliphatic rings. The second-order valence-electron chi connectivity index (χ2n) is 2.03. The van der Waals surface area contributed by atoms with E-state index in [-0.39, 0.29) is 11.4 Å². The molecule has 0 saturated heterocycles. The number of nitrogen functional groups attached to an aromatic ring is 2. The van der Waals surface area contributed by atoms with E-state index in [1.165, 1.54) is 6.07 Å². The van der Waals surface area contributed by atoms with Crippen molar-refractivity contribution in [1.82, 2.24) is 0 Å². The summed E-state index contributed by atoms with van der Waals surface area (Å²) in [5, 5.41) is 8.88. The van der Waals surface area contributed by atoms with Crippen LogP contribution in [0.25, 0.3) is 0 Å². The summed E-state index contributed by atoms with van der Waals surface area (Å²) < 4.78 is 0. The summed E-state index contributed by atoms with van der Waals surface area (Å²) in [6.07, 6.45) is 0. The van der Waals surface area contributed by atoms with E-state index < -0.39 is 0 Å². The molecule has 4 heteroatoms. The summed E-state index contributed by atoms with van der Waals surface area (Å²) in [7, 11) is 0. The fourth-order valence-corrected chi connectivity index (χ4v) is 0.872. The van der Waals surface area contributed by atoms with Gasteiger partial charge in [0.25, 0.3) is 0 Å². The van der Waals surface area contributed by atoms with E-state index in [1.807, 2.05) is 6.07 Å². The molecule has 0 aliphatic carbocycles. The quantitative estimate of drug-likeness (QED) is 0.573. The minimum Gasteiger partial charge on any atom is -0.396 e. The molecule has 0 aliphatic heterocycles. The van der Waals surface area contributed by atoms with Gasteiger partial charge in [0.2, 0.25) is 0 Å². The van der Waals surface area contributed by atoms with Crippen LogP contribution in [-0.4, -0.2) is 0 Å². The summed E-state index contributed by atoms with van der Waals surface area (Å²) in [5.74, 6) is 0. The van der Waals surface area contributed by atoms with Gasteiger partial charge in [-0.15, -0.1) is 0 Å². The van der Waals surface area contributed by atoms with Gasteiger partial charge in [0.05, 0.1) is 22.0 Å². The van der Waals surface area contributed by atoms with Gasteiger partial charge in [0, 0.05) is 0 Å². The van der Waals surface area contributed by atoms with Crippen molar-refractivity contribution in [3.8, 4) is 6.07 Å². The molecular formula is C7H6ClN3. The number of nitrogens with zero attached hydrogens (tertiary/aromatic N) is 1. The van der Waals surface area contributed by atoms with Crippen LogP contribution in [0.4, 0.5) is 11.4 Å². The first-order chi connectivity index (χ1) is 5.16. The Kier molecular flexibility index (Phi) is 1.88. The third kappa shape index (κ3) is 1.21. The Morgan fingerprint density at radius 3 is 2.45 bits per heavy atom. The van der Waals surface area contributed by atoms with Crippen molar-refractivity contribution in [2.45, 2.75) is 0 Å². The number of anilines is 2. The second kappa shape index (κ2) is 2.69. The third-order valence-electron chi connectivity index (χ3n) is 1.35. The van der Waals surface area contributed by atoms with Crippen molar-refractivity contribution >= 4 is 23.0 Å². The molecule has 0 heterocycles. The fraction of sp³-hybridized carbons (Fsp3) is 0. The summed E-state index contributed by atoms with van der Waals surface area (Å²) in [5.41, 5.74) is 11.8. The molecule has 0 fully saturated rings. The minimum absolute atomic E-state index is 0.250. The molecule has 0 unspecified atom stereocenters. The predicted molar refractivity (Wildman–Crippen MR) is 45.0 cm³/mol. The van der Waals surface area contributed by atoms with Gasteiger partial charge in [0.15, 0.2) is 0 Å². The van der Waals surface area contributed by atoms with Crippen molar-refractivity contribution in [1.29, 1.82) is 5.26 Å². The number of nitrogens with two attached hydrogens (primary N) is 2. The second-order valence-corrected chi connectivity index (χ2v) is 2.44. The largest absolute Gasteiger partial charge is 0.396 e. The zero-order valence-corrected chi connectivity index (χ0v) is 6.39. The van der Waals surface area contributed by atoms with Crippen LogP contribution in [0, 0.1) is 11.3 Å². The third-order valence-corrected chi connectivity index (χ3v) is 1.68. The van der Waals surface area contributed by atoms with Crippen molar-refractivity contribution < 1.29 is 0 Å². The van der Waals surface area contributed by atoms with Gasteiger partial charge in [-0.3, -0.25) is 0 Å². The molecule has 11 heavy (non-hydrogen) atoms. The highest BCUT2D eigenvalue weighted by atomic mass is 35.5. The van der Waals surface area contributed by atoms with Crippen LogP contribution in [0.3, 0.4) is 0 Å². The number of rotatable bonds is 0. The average Bonchev–Trinajstić information content (AvgIpc) is 2.01. The highest BCUT2D eigenvalue weighted by molar-refractivity contribution is 6.33. The van der Waals surface area contributed by atoms with E-state index in [2.05, 4.69) is 0 Å². The van der Waals surface area contributed by atoms with Crippen molar-refractivity contribution in [2.24, 2.45) is 0 Å². The molecule has 3 nitrogen and oxygen atoms in total. The smallest absolute Gasteiger partial charge is 0.101 e. The first kappa shape index (κ1) is 7.70. The highest BCUT2D eigenvalue weighted by Gasteiger charge is 2.04. The van der Waals surface area contributed by atoms with E-state index >= 15 is 0 Å². The van der Waals surface area contributed by atoms with Crippen LogP contribution < -0.4 is 11.5 Å². The lowest BCUT2D eigenvalue weighted by atomic mass is 10.2. The Morgan fingerprint density at radius 2 is 1.91 bits per heavy atom. The van der Waals surface area contributed by atoms with Gasteiger partial charge in [-0.25, -0.2) is 0 Å². The van der Waals surface area contributed by atoms with Gasteiger partial charge >= 0.3 is 0 Å². The van der Waals surface area contributed by atoms with E-state index in [4.69, 9.17) is 28.3 Å². The molecule has 0 atom stereocenters.